The molecule has 1 aliphatic carbocycles. The Morgan fingerprint density at radius 1 is 1.28 bits per heavy atom. The van der Waals surface area contributed by atoms with E-state index in [0.29, 0.717) is 10.7 Å². The van der Waals surface area contributed by atoms with Gasteiger partial charge < -0.3 is 5.11 Å². The van der Waals surface area contributed by atoms with E-state index >= 15 is 0 Å². The lowest BCUT2D eigenvalue weighted by atomic mass is 10.1. The molecule has 1 heterocycles. The minimum Gasteiger partial charge on any atom is -0.478 e. The zero-order valence-corrected chi connectivity index (χ0v) is 16.3. The van der Waals surface area contributed by atoms with E-state index in [1.807, 2.05) is 25.1 Å². The van der Waals surface area contributed by atoms with Crippen LogP contribution >= 0.6 is 11.3 Å². The number of aryl methyl sites for hydroxylation is 1. The Bertz CT molecular complexity index is 1110. The molecule has 8 heteroatoms. The van der Waals surface area contributed by atoms with Gasteiger partial charge in [0.1, 0.15) is 11.5 Å². The van der Waals surface area contributed by atoms with Crippen molar-refractivity contribution in [3.63, 3.8) is 0 Å². The highest BCUT2D eigenvalue weighted by Gasteiger charge is 2.32. The molecule has 4 rings (SSSR count). The summed E-state index contributed by atoms with van der Waals surface area (Å²) < 4.78 is 28.0. The first-order valence-electron chi connectivity index (χ1n) is 9.02. The van der Waals surface area contributed by atoms with E-state index in [-0.39, 0.29) is 22.9 Å². The number of thiazole rings is 1. The fourth-order valence-electron chi connectivity index (χ4n) is 2.93. The monoisotopic (exact) mass is 413 g/mol. The third-order valence-corrected chi connectivity index (χ3v) is 5.36. The number of benzene rings is 2. The molecule has 0 spiro atoms. The van der Waals surface area contributed by atoms with Crippen molar-refractivity contribution >= 4 is 28.7 Å². The highest BCUT2D eigenvalue weighted by atomic mass is 32.1. The van der Waals surface area contributed by atoms with Crippen LogP contribution in [0.2, 0.25) is 0 Å². The summed E-state index contributed by atoms with van der Waals surface area (Å²) in [6, 6.07) is 11.0. The summed E-state index contributed by atoms with van der Waals surface area (Å²) >= 11 is 0.898. The first-order chi connectivity index (χ1) is 13.9. The van der Waals surface area contributed by atoms with Crippen molar-refractivity contribution in [3.05, 3.63) is 70.1 Å². The van der Waals surface area contributed by atoms with Crippen molar-refractivity contribution in [2.75, 3.05) is 5.01 Å². The van der Waals surface area contributed by atoms with Crippen LogP contribution in [0.15, 0.2) is 47.6 Å². The summed E-state index contributed by atoms with van der Waals surface area (Å²) in [5.74, 6) is -1.88. The number of nitrogens with zero attached hydrogens (tertiary/aromatic N) is 3. The van der Waals surface area contributed by atoms with E-state index in [2.05, 4.69) is 10.1 Å². The van der Waals surface area contributed by atoms with Crippen LogP contribution in [0, 0.1) is 17.9 Å². The van der Waals surface area contributed by atoms with Crippen molar-refractivity contribution in [1.29, 1.82) is 0 Å². The number of carbonyl (C=O) groups is 1. The molecule has 3 aromatic rings. The second-order valence-electron chi connectivity index (χ2n) is 6.85. The van der Waals surface area contributed by atoms with Crippen LogP contribution < -0.4 is 5.01 Å². The lowest BCUT2D eigenvalue weighted by Gasteiger charge is -2.14. The largest absolute Gasteiger partial charge is 0.478 e. The number of hydrogen-bond donors (Lipinski definition) is 1. The van der Waals surface area contributed by atoms with Gasteiger partial charge in [0.15, 0.2) is 0 Å². The molecule has 1 saturated carbocycles. The van der Waals surface area contributed by atoms with Gasteiger partial charge in [0.25, 0.3) is 0 Å². The number of rotatable bonds is 6. The smallest absolute Gasteiger partial charge is 0.336 e. The summed E-state index contributed by atoms with van der Waals surface area (Å²) in [6.45, 7) is 1.93. The number of hydrazone groups is 1. The SMILES string of the molecule is Cc1cccc(-c2nc(N(/N=C/c3ccc(F)cc3C(=O)O)C3CC3)sc2F)c1. The zero-order valence-electron chi connectivity index (χ0n) is 15.5. The van der Waals surface area contributed by atoms with Crippen molar-refractivity contribution in [2.24, 2.45) is 5.10 Å². The summed E-state index contributed by atoms with van der Waals surface area (Å²) in [6.07, 6.45) is 3.12. The third-order valence-electron chi connectivity index (χ3n) is 4.52. The van der Waals surface area contributed by atoms with Gasteiger partial charge in [0, 0.05) is 11.1 Å². The molecule has 1 aliphatic rings. The highest BCUT2D eigenvalue weighted by molar-refractivity contribution is 7.14. The number of hydrogen-bond acceptors (Lipinski definition) is 5. The van der Waals surface area contributed by atoms with Crippen LogP contribution in [0.25, 0.3) is 11.3 Å². The second-order valence-corrected chi connectivity index (χ2v) is 7.77. The maximum absolute atomic E-state index is 14.6. The van der Waals surface area contributed by atoms with Crippen molar-refractivity contribution < 1.29 is 18.7 Å². The summed E-state index contributed by atoms with van der Waals surface area (Å²) in [4.78, 5) is 15.8. The van der Waals surface area contributed by atoms with Crippen molar-refractivity contribution in [1.82, 2.24) is 4.98 Å². The number of halogens is 2. The van der Waals surface area contributed by atoms with Crippen LogP contribution in [0.4, 0.5) is 13.9 Å². The summed E-state index contributed by atoms with van der Waals surface area (Å²) in [7, 11) is 0. The summed E-state index contributed by atoms with van der Waals surface area (Å²) in [5.41, 5.74) is 2.04. The molecule has 5 nitrogen and oxygen atoms in total. The molecule has 0 amide bonds. The van der Waals surface area contributed by atoms with E-state index in [1.54, 1.807) is 11.1 Å². The number of aromatic nitrogens is 1. The second kappa shape index (κ2) is 7.71. The van der Waals surface area contributed by atoms with Gasteiger partial charge in [-0.25, -0.2) is 19.2 Å². The van der Waals surface area contributed by atoms with Crippen LogP contribution in [0.3, 0.4) is 0 Å². The number of aromatic carboxylic acids is 1. The van der Waals surface area contributed by atoms with Gasteiger partial charge in [-0.05, 0) is 44.0 Å². The standard InChI is InChI=1S/C21H17F2N3O2S/c1-12-3-2-4-13(9-12)18-19(23)29-21(25-18)26(16-7-8-16)24-11-14-5-6-15(22)10-17(14)20(27)28/h2-6,9-11,16H,7-8H2,1H3,(H,27,28)/b24-11+. The Hall–Kier alpha value is -3.13. The van der Waals surface area contributed by atoms with E-state index in [9.17, 15) is 18.7 Å². The maximum atomic E-state index is 14.6. The quantitative estimate of drug-likeness (QED) is 0.451. The molecule has 1 N–H and O–H groups in total. The van der Waals surface area contributed by atoms with Crippen LogP contribution in [-0.4, -0.2) is 28.3 Å². The van der Waals surface area contributed by atoms with Gasteiger partial charge in [-0.3, -0.25) is 0 Å². The maximum Gasteiger partial charge on any atom is 0.336 e. The number of carboxylic acids is 1. The number of anilines is 1. The summed E-state index contributed by atoms with van der Waals surface area (Å²) in [5, 5.41) is 15.3. The van der Waals surface area contributed by atoms with Crippen LogP contribution in [0.1, 0.15) is 34.3 Å². The van der Waals surface area contributed by atoms with Gasteiger partial charge in [0.05, 0.1) is 17.8 Å². The van der Waals surface area contributed by atoms with E-state index in [4.69, 9.17) is 0 Å². The van der Waals surface area contributed by atoms with Gasteiger partial charge in [-0.1, -0.05) is 35.1 Å². The molecule has 0 unspecified atom stereocenters. The lowest BCUT2D eigenvalue weighted by Crippen LogP contribution is -2.19. The first kappa shape index (κ1) is 19.2. The molecule has 0 atom stereocenters. The van der Waals surface area contributed by atoms with E-state index in [0.717, 1.165) is 35.8 Å². The van der Waals surface area contributed by atoms with Crippen molar-refractivity contribution in [2.45, 2.75) is 25.8 Å². The minimum atomic E-state index is -1.24. The molecule has 0 aliphatic heterocycles. The highest BCUT2D eigenvalue weighted by Crippen LogP contribution is 2.38. The normalized spacial score (nSPS) is 13.8. The topological polar surface area (TPSA) is 65.8 Å². The molecule has 1 fully saturated rings. The predicted molar refractivity (Wildman–Crippen MR) is 109 cm³/mol. The average molecular weight is 413 g/mol. The Morgan fingerprint density at radius 3 is 2.76 bits per heavy atom. The number of carboxylic acid groups (broad SMARTS) is 1. The molecule has 0 saturated heterocycles. The Kier molecular flexibility index (Phi) is 5.10. The van der Waals surface area contributed by atoms with E-state index < -0.39 is 16.9 Å². The molecule has 1 aromatic heterocycles. The van der Waals surface area contributed by atoms with Crippen LogP contribution in [-0.2, 0) is 0 Å². The third kappa shape index (κ3) is 4.17. The van der Waals surface area contributed by atoms with Gasteiger partial charge in [-0.15, -0.1) is 0 Å². The van der Waals surface area contributed by atoms with Crippen LogP contribution in [0.5, 0.6) is 0 Å². The average Bonchev–Trinajstić information content (AvgIpc) is 3.44. The molecule has 0 radical (unpaired) electrons. The fraction of sp³-hybridized carbons (Fsp3) is 0.190. The molecule has 0 bridgehead atoms. The van der Waals surface area contributed by atoms with Gasteiger partial charge in [-0.2, -0.15) is 9.49 Å². The molecular weight excluding hydrogens is 396 g/mol. The molecular formula is C21H17F2N3O2S. The Labute approximate surface area is 170 Å². The first-order valence-corrected chi connectivity index (χ1v) is 9.83. The van der Waals surface area contributed by atoms with Gasteiger partial charge in [0.2, 0.25) is 10.3 Å². The fourth-order valence-corrected chi connectivity index (χ4v) is 3.78. The van der Waals surface area contributed by atoms with Gasteiger partial charge >= 0.3 is 5.97 Å². The molecule has 29 heavy (non-hydrogen) atoms. The zero-order chi connectivity index (χ0) is 20.5. The minimum absolute atomic E-state index is 0.0795. The molecule has 148 valence electrons. The predicted octanol–water partition coefficient (Wildman–Crippen LogP) is 5.10. The lowest BCUT2D eigenvalue weighted by molar-refractivity contribution is 0.0696. The Balaban J connectivity index is 1.67. The molecule has 2 aromatic carbocycles. The van der Waals surface area contributed by atoms with Crippen molar-refractivity contribution in [3.8, 4) is 11.3 Å². The Morgan fingerprint density at radius 2 is 2.07 bits per heavy atom. The van der Waals surface area contributed by atoms with E-state index in [1.165, 1.54) is 18.3 Å².